The second kappa shape index (κ2) is 7.92. The Bertz CT molecular complexity index is 989. The molecule has 1 aliphatic heterocycles. The lowest BCUT2D eigenvalue weighted by Crippen LogP contribution is -2.45. The highest BCUT2D eigenvalue weighted by atomic mass is 32.2. The fourth-order valence-corrected chi connectivity index (χ4v) is 4.62. The number of alkyl halides is 1. The third-order valence-corrected chi connectivity index (χ3v) is 6.36. The normalized spacial score (nSPS) is 20.2. The molecule has 3 rings (SSSR count). The Hall–Kier alpha value is -2.40. The van der Waals surface area contributed by atoms with E-state index in [1.54, 1.807) is 7.85 Å². The molecule has 2 atom stereocenters. The van der Waals surface area contributed by atoms with Crippen molar-refractivity contribution in [2.24, 2.45) is 0 Å². The summed E-state index contributed by atoms with van der Waals surface area (Å²) in [6, 6.07) is 4.30. The highest BCUT2D eigenvalue weighted by Gasteiger charge is 2.44. The Kier molecular flexibility index (Phi) is 5.75. The van der Waals surface area contributed by atoms with Gasteiger partial charge in [-0.2, -0.15) is 4.31 Å². The van der Waals surface area contributed by atoms with E-state index in [9.17, 15) is 26.4 Å². The van der Waals surface area contributed by atoms with Crippen LogP contribution in [0.3, 0.4) is 0 Å². The van der Waals surface area contributed by atoms with Crippen LogP contribution in [0.15, 0.2) is 41.4 Å². The van der Waals surface area contributed by atoms with Gasteiger partial charge in [0.25, 0.3) is 0 Å². The number of nitrogens with one attached hydrogen (secondary N) is 1. The maximum atomic E-state index is 14.0. The van der Waals surface area contributed by atoms with Gasteiger partial charge in [0.2, 0.25) is 15.9 Å². The molecule has 148 valence electrons. The predicted octanol–water partition coefficient (Wildman–Crippen LogP) is 0.0357. The van der Waals surface area contributed by atoms with Gasteiger partial charge in [0, 0.05) is 13.0 Å². The van der Waals surface area contributed by atoms with Crippen LogP contribution in [0.2, 0.25) is 0 Å². The second-order valence-electron chi connectivity index (χ2n) is 6.52. The van der Waals surface area contributed by atoms with Gasteiger partial charge >= 0.3 is 0 Å². The number of hydrogen-bond donors (Lipinski definition) is 1. The average molecular weight is 411 g/mol. The molecule has 1 amide bonds. The summed E-state index contributed by atoms with van der Waals surface area (Å²) in [5.74, 6) is -1.78. The minimum absolute atomic E-state index is 0.0577. The minimum atomic E-state index is -4.18. The Balaban J connectivity index is 1.76. The van der Waals surface area contributed by atoms with Crippen LogP contribution < -0.4 is 10.8 Å². The first-order valence-corrected chi connectivity index (χ1v) is 9.92. The Morgan fingerprint density at radius 3 is 2.61 bits per heavy atom. The molecule has 1 N–H and O–H groups in total. The van der Waals surface area contributed by atoms with Crippen molar-refractivity contribution in [3.05, 3.63) is 53.9 Å². The number of pyridine rings is 1. The largest absolute Gasteiger partial charge is 0.349 e. The van der Waals surface area contributed by atoms with Crippen molar-refractivity contribution in [3.8, 4) is 0 Å². The molecule has 1 saturated heterocycles. The van der Waals surface area contributed by atoms with Gasteiger partial charge in [-0.05, 0) is 30.3 Å². The molecular formula is C17H17BF3N3O3S. The van der Waals surface area contributed by atoms with E-state index in [1.165, 1.54) is 6.07 Å². The summed E-state index contributed by atoms with van der Waals surface area (Å²) in [5, 5.41) is 2.51. The first-order valence-electron chi connectivity index (χ1n) is 8.48. The predicted molar refractivity (Wildman–Crippen MR) is 97.8 cm³/mol. The van der Waals surface area contributed by atoms with Crippen LogP contribution >= 0.6 is 0 Å². The number of hydrogen-bond acceptors (Lipinski definition) is 4. The molecule has 11 heteroatoms. The lowest BCUT2D eigenvalue weighted by molar-refractivity contribution is -0.124. The monoisotopic (exact) mass is 411 g/mol. The molecular weight excluding hydrogens is 394 g/mol. The number of aromatic nitrogens is 1. The Morgan fingerprint density at radius 1 is 1.29 bits per heavy atom. The highest BCUT2D eigenvalue weighted by molar-refractivity contribution is 7.89. The molecule has 0 bridgehead atoms. The molecule has 0 radical (unpaired) electrons. The lowest BCUT2D eigenvalue weighted by Gasteiger charge is -2.23. The molecule has 6 nitrogen and oxygen atoms in total. The van der Waals surface area contributed by atoms with E-state index in [2.05, 4.69) is 10.3 Å². The molecule has 0 unspecified atom stereocenters. The highest BCUT2D eigenvalue weighted by Crippen LogP contribution is 2.28. The number of carbonyl (C=O) groups excluding carboxylic acids is 1. The lowest BCUT2D eigenvalue weighted by atomic mass is 9.96. The minimum Gasteiger partial charge on any atom is -0.349 e. The van der Waals surface area contributed by atoms with Gasteiger partial charge in [-0.15, -0.1) is 0 Å². The van der Waals surface area contributed by atoms with Crippen molar-refractivity contribution in [1.82, 2.24) is 14.6 Å². The van der Waals surface area contributed by atoms with E-state index in [-0.39, 0.29) is 17.9 Å². The van der Waals surface area contributed by atoms with Crippen molar-refractivity contribution < 1.29 is 26.4 Å². The molecule has 1 fully saturated rings. The van der Waals surface area contributed by atoms with E-state index in [4.69, 9.17) is 0 Å². The number of carbonyl (C=O) groups is 1. The zero-order valence-electron chi connectivity index (χ0n) is 14.9. The molecule has 2 aromatic rings. The van der Waals surface area contributed by atoms with E-state index >= 15 is 0 Å². The summed E-state index contributed by atoms with van der Waals surface area (Å²) in [4.78, 5) is 16.1. The van der Waals surface area contributed by atoms with Crippen LogP contribution in [-0.4, -0.2) is 50.2 Å². The van der Waals surface area contributed by atoms with Gasteiger partial charge in [0.1, 0.15) is 31.7 Å². The third kappa shape index (κ3) is 4.20. The van der Waals surface area contributed by atoms with Crippen LogP contribution in [0.4, 0.5) is 13.2 Å². The second-order valence-corrected chi connectivity index (χ2v) is 8.41. The topological polar surface area (TPSA) is 79.4 Å². The molecule has 2 heterocycles. The van der Waals surface area contributed by atoms with Crippen molar-refractivity contribution in [3.63, 3.8) is 0 Å². The van der Waals surface area contributed by atoms with Gasteiger partial charge in [-0.1, -0.05) is 5.46 Å². The van der Waals surface area contributed by atoms with Crippen molar-refractivity contribution in [2.75, 3.05) is 6.54 Å². The number of sulfonamides is 1. The van der Waals surface area contributed by atoms with E-state index in [0.29, 0.717) is 11.2 Å². The number of benzene rings is 1. The van der Waals surface area contributed by atoms with Crippen LogP contribution in [0.1, 0.15) is 12.1 Å². The maximum Gasteiger partial charge on any atom is 0.243 e. The number of nitrogens with zero attached hydrogens (tertiary/aromatic N) is 2. The number of rotatable bonds is 5. The Morgan fingerprint density at radius 2 is 1.96 bits per heavy atom. The van der Waals surface area contributed by atoms with Gasteiger partial charge in [0.15, 0.2) is 0 Å². The van der Waals surface area contributed by atoms with Crippen LogP contribution in [0.5, 0.6) is 0 Å². The summed E-state index contributed by atoms with van der Waals surface area (Å²) in [7, 11) is -2.63. The molecule has 1 aromatic heterocycles. The fourth-order valence-electron chi connectivity index (χ4n) is 2.99. The van der Waals surface area contributed by atoms with E-state index in [1.807, 2.05) is 0 Å². The average Bonchev–Trinajstić information content (AvgIpc) is 3.05. The van der Waals surface area contributed by atoms with Gasteiger partial charge in [-0.3, -0.25) is 9.78 Å². The maximum absolute atomic E-state index is 14.0. The zero-order valence-corrected chi connectivity index (χ0v) is 15.7. The molecule has 0 aliphatic carbocycles. The van der Waals surface area contributed by atoms with Crippen molar-refractivity contribution in [1.29, 1.82) is 0 Å². The van der Waals surface area contributed by atoms with Crippen LogP contribution in [0.25, 0.3) is 0 Å². The van der Waals surface area contributed by atoms with Crippen LogP contribution in [-0.2, 0) is 21.4 Å². The first-order chi connectivity index (χ1) is 13.2. The van der Waals surface area contributed by atoms with Gasteiger partial charge < -0.3 is 5.32 Å². The molecule has 0 saturated carbocycles. The number of halogens is 3. The first kappa shape index (κ1) is 20.3. The zero-order chi connectivity index (χ0) is 20.5. The summed E-state index contributed by atoms with van der Waals surface area (Å²) in [6.45, 7) is -0.524. The van der Waals surface area contributed by atoms with Gasteiger partial charge in [-0.25, -0.2) is 21.6 Å². The van der Waals surface area contributed by atoms with Gasteiger partial charge in [0.05, 0.1) is 23.3 Å². The van der Waals surface area contributed by atoms with Crippen LogP contribution in [0, 0.1) is 11.6 Å². The van der Waals surface area contributed by atoms with E-state index < -0.39 is 46.3 Å². The molecule has 28 heavy (non-hydrogen) atoms. The quantitative estimate of drug-likeness (QED) is 0.705. The SMILES string of the molecule is Bc1cc(CNC(=O)[C@@H]2C[C@@H](F)CN2S(=O)(=O)c2ccc(F)cc2)ncc1F. The molecule has 0 spiro atoms. The summed E-state index contributed by atoms with van der Waals surface area (Å²) >= 11 is 0. The summed E-state index contributed by atoms with van der Waals surface area (Å²) in [5.41, 5.74) is 0.736. The number of amides is 1. The summed E-state index contributed by atoms with van der Waals surface area (Å²) in [6.07, 6.45) is -0.769. The smallest absolute Gasteiger partial charge is 0.243 e. The fraction of sp³-hybridized carbons (Fsp3) is 0.294. The van der Waals surface area contributed by atoms with Crippen molar-refractivity contribution in [2.45, 2.75) is 30.1 Å². The third-order valence-electron chi connectivity index (χ3n) is 4.47. The summed E-state index contributed by atoms with van der Waals surface area (Å²) < 4.78 is 66.6. The Labute approximate surface area is 161 Å². The van der Waals surface area contributed by atoms with Crippen molar-refractivity contribution >= 4 is 29.2 Å². The molecule has 1 aliphatic rings. The van der Waals surface area contributed by atoms with E-state index in [0.717, 1.165) is 34.8 Å². The standard InChI is InChI=1S/C17H17BF3N3O3S/c18-14-6-12(22-8-15(14)21)7-23-17(25)16-5-11(20)9-24(16)28(26,27)13-3-1-10(19)2-4-13/h1-4,6,8,11,16H,5,7,9,18H2,(H,23,25)/t11-,16+/m1/s1. The molecule has 1 aromatic carbocycles.